The van der Waals surface area contributed by atoms with E-state index in [-0.39, 0.29) is 11.5 Å². The Kier molecular flexibility index (Phi) is 5.20. The van der Waals surface area contributed by atoms with Crippen LogP contribution in [0, 0.1) is 13.8 Å². The highest BCUT2D eigenvalue weighted by Crippen LogP contribution is 2.22. The molecule has 0 spiro atoms. The van der Waals surface area contributed by atoms with Crippen molar-refractivity contribution in [1.82, 2.24) is 0 Å². The standard InChI is InChI=1S/C15H22O2/c1-4-5-6-7-8-14(16)13-9-12(3)15(17)10-11(13)2/h9-10,17H,4-8H2,1-3H3. The van der Waals surface area contributed by atoms with E-state index in [9.17, 15) is 9.90 Å². The van der Waals surface area contributed by atoms with Crippen molar-refractivity contribution in [3.8, 4) is 5.75 Å². The van der Waals surface area contributed by atoms with Crippen molar-refractivity contribution in [3.63, 3.8) is 0 Å². The molecule has 0 bridgehead atoms. The first-order valence-corrected chi connectivity index (χ1v) is 6.39. The third-order valence-corrected chi connectivity index (χ3v) is 3.10. The van der Waals surface area contributed by atoms with Gasteiger partial charge in [-0.25, -0.2) is 0 Å². The summed E-state index contributed by atoms with van der Waals surface area (Å²) in [7, 11) is 0. The maximum atomic E-state index is 12.0. The average molecular weight is 234 g/mol. The van der Waals surface area contributed by atoms with Gasteiger partial charge in [0.15, 0.2) is 5.78 Å². The Hall–Kier alpha value is -1.31. The highest BCUT2D eigenvalue weighted by Gasteiger charge is 2.11. The van der Waals surface area contributed by atoms with E-state index in [0.29, 0.717) is 6.42 Å². The van der Waals surface area contributed by atoms with Crippen molar-refractivity contribution in [1.29, 1.82) is 0 Å². The van der Waals surface area contributed by atoms with E-state index in [4.69, 9.17) is 0 Å². The fraction of sp³-hybridized carbons (Fsp3) is 0.533. The molecule has 94 valence electrons. The first-order valence-electron chi connectivity index (χ1n) is 6.39. The van der Waals surface area contributed by atoms with Crippen molar-refractivity contribution < 1.29 is 9.90 Å². The Morgan fingerprint density at radius 1 is 1.12 bits per heavy atom. The quantitative estimate of drug-likeness (QED) is 0.592. The summed E-state index contributed by atoms with van der Waals surface area (Å²) in [5, 5.41) is 9.54. The summed E-state index contributed by atoms with van der Waals surface area (Å²) in [6.07, 6.45) is 5.09. The zero-order chi connectivity index (χ0) is 12.8. The Bertz CT molecular complexity index is 394. The molecule has 0 unspecified atom stereocenters. The first kappa shape index (κ1) is 13.8. The van der Waals surface area contributed by atoms with Crippen LogP contribution in [0.1, 0.15) is 60.5 Å². The molecule has 0 saturated heterocycles. The van der Waals surface area contributed by atoms with Gasteiger partial charge in [0.1, 0.15) is 5.75 Å². The van der Waals surface area contributed by atoms with E-state index in [1.54, 1.807) is 12.1 Å². The predicted octanol–water partition coefficient (Wildman–Crippen LogP) is 4.16. The lowest BCUT2D eigenvalue weighted by Crippen LogP contribution is -2.02. The van der Waals surface area contributed by atoms with Gasteiger partial charge < -0.3 is 5.11 Å². The van der Waals surface area contributed by atoms with Gasteiger partial charge in [-0.05, 0) is 43.5 Å². The number of hydrogen-bond acceptors (Lipinski definition) is 2. The second kappa shape index (κ2) is 6.43. The van der Waals surface area contributed by atoms with Gasteiger partial charge in [0.2, 0.25) is 0 Å². The van der Waals surface area contributed by atoms with Crippen LogP contribution in [-0.2, 0) is 0 Å². The number of aromatic hydroxyl groups is 1. The van der Waals surface area contributed by atoms with Crippen LogP contribution in [0.25, 0.3) is 0 Å². The van der Waals surface area contributed by atoms with Crippen LogP contribution in [0.2, 0.25) is 0 Å². The fourth-order valence-corrected chi connectivity index (χ4v) is 1.95. The summed E-state index contributed by atoms with van der Waals surface area (Å²) in [6.45, 7) is 5.86. The molecule has 0 aromatic heterocycles. The van der Waals surface area contributed by atoms with Gasteiger partial charge in [-0.15, -0.1) is 0 Å². The minimum Gasteiger partial charge on any atom is -0.508 e. The molecule has 2 heteroatoms. The highest BCUT2D eigenvalue weighted by molar-refractivity contribution is 5.97. The largest absolute Gasteiger partial charge is 0.508 e. The van der Waals surface area contributed by atoms with Crippen molar-refractivity contribution in [2.24, 2.45) is 0 Å². The van der Waals surface area contributed by atoms with E-state index in [2.05, 4.69) is 6.92 Å². The van der Waals surface area contributed by atoms with Crippen molar-refractivity contribution in [3.05, 3.63) is 28.8 Å². The number of benzene rings is 1. The van der Waals surface area contributed by atoms with E-state index in [1.165, 1.54) is 12.8 Å². The van der Waals surface area contributed by atoms with Crippen LogP contribution in [0.3, 0.4) is 0 Å². The number of phenolic OH excluding ortho intramolecular Hbond substituents is 1. The fourth-order valence-electron chi connectivity index (χ4n) is 1.95. The summed E-state index contributed by atoms with van der Waals surface area (Å²) < 4.78 is 0. The van der Waals surface area contributed by atoms with Crippen molar-refractivity contribution in [2.75, 3.05) is 0 Å². The molecule has 1 N–H and O–H groups in total. The summed E-state index contributed by atoms with van der Waals surface area (Å²) in [6, 6.07) is 3.47. The Morgan fingerprint density at radius 3 is 2.47 bits per heavy atom. The van der Waals surface area contributed by atoms with Gasteiger partial charge in [-0.2, -0.15) is 0 Å². The zero-order valence-corrected chi connectivity index (χ0v) is 11.0. The number of phenols is 1. The van der Waals surface area contributed by atoms with Gasteiger partial charge in [-0.3, -0.25) is 4.79 Å². The molecule has 0 radical (unpaired) electrons. The van der Waals surface area contributed by atoms with Gasteiger partial charge in [0.25, 0.3) is 0 Å². The van der Waals surface area contributed by atoms with Gasteiger partial charge in [0, 0.05) is 12.0 Å². The lowest BCUT2D eigenvalue weighted by Gasteiger charge is -2.08. The molecule has 2 nitrogen and oxygen atoms in total. The van der Waals surface area contributed by atoms with Gasteiger partial charge >= 0.3 is 0 Å². The van der Waals surface area contributed by atoms with Crippen molar-refractivity contribution >= 4 is 5.78 Å². The number of Topliss-reactive ketones (excluding diaryl/α,β-unsaturated/α-hetero) is 1. The zero-order valence-electron chi connectivity index (χ0n) is 11.0. The molecule has 0 heterocycles. The monoisotopic (exact) mass is 234 g/mol. The molecular weight excluding hydrogens is 212 g/mol. The van der Waals surface area contributed by atoms with Crippen LogP contribution < -0.4 is 0 Å². The molecule has 0 fully saturated rings. The normalized spacial score (nSPS) is 10.5. The number of hydrogen-bond donors (Lipinski definition) is 1. The van der Waals surface area contributed by atoms with E-state index >= 15 is 0 Å². The third kappa shape index (κ3) is 3.88. The molecule has 1 aromatic carbocycles. The third-order valence-electron chi connectivity index (χ3n) is 3.10. The maximum absolute atomic E-state index is 12.0. The summed E-state index contributed by atoms with van der Waals surface area (Å²) in [5.74, 6) is 0.465. The minimum atomic E-state index is 0.196. The number of aryl methyl sites for hydroxylation is 2. The predicted molar refractivity (Wildman–Crippen MR) is 70.7 cm³/mol. The van der Waals surface area contributed by atoms with Crippen molar-refractivity contribution in [2.45, 2.75) is 52.9 Å². The Labute approximate surface area is 104 Å². The van der Waals surface area contributed by atoms with E-state index < -0.39 is 0 Å². The SMILES string of the molecule is CCCCCCC(=O)c1cc(C)c(O)cc1C. The summed E-state index contributed by atoms with van der Waals surface area (Å²) >= 11 is 0. The van der Waals surface area contributed by atoms with E-state index in [1.807, 2.05) is 13.8 Å². The Balaban J connectivity index is 2.66. The number of carbonyl (C=O) groups excluding carboxylic acids is 1. The van der Waals surface area contributed by atoms with Crippen LogP contribution in [0.4, 0.5) is 0 Å². The first-order chi connectivity index (χ1) is 8.06. The molecule has 0 aliphatic rings. The van der Waals surface area contributed by atoms with E-state index in [0.717, 1.165) is 29.5 Å². The molecule has 0 aliphatic heterocycles. The van der Waals surface area contributed by atoms with Crippen LogP contribution in [-0.4, -0.2) is 10.9 Å². The minimum absolute atomic E-state index is 0.196. The van der Waals surface area contributed by atoms with Gasteiger partial charge in [0.05, 0.1) is 0 Å². The molecule has 0 atom stereocenters. The molecule has 1 rings (SSSR count). The number of ketones is 1. The number of unbranched alkanes of at least 4 members (excludes halogenated alkanes) is 3. The molecule has 0 aliphatic carbocycles. The molecule has 17 heavy (non-hydrogen) atoms. The molecule has 1 aromatic rings. The molecule has 0 saturated carbocycles. The Morgan fingerprint density at radius 2 is 1.82 bits per heavy atom. The summed E-state index contributed by atoms with van der Waals surface area (Å²) in [4.78, 5) is 12.0. The highest BCUT2D eigenvalue weighted by atomic mass is 16.3. The van der Waals surface area contributed by atoms with Gasteiger partial charge in [-0.1, -0.05) is 26.2 Å². The second-order valence-corrected chi connectivity index (χ2v) is 4.69. The lowest BCUT2D eigenvalue weighted by molar-refractivity contribution is 0.0978. The smallest absolute Gasteiger partial charge is 0.163 e. The molecular formula is C15H22O2. The number of carbonyl (C=O) groups is 1. The maximum Gasteiger partial charge on any atom is 0.163 e. The molecule has 0 amide bonds. The second-order valence-electron chi connectivity index (χ2n) is 4.69. The topological polar surface area (TPSA) is 37.3 Å². The van der Waals surface area contributed by atoms with Crippen LogP contribution in [0.15, 0.2) is 12.1 Å². The number of rotatable bonds is 6. The van der Waals surface area contributed by atoms with Crippen LogP contribution >= 0.6 is 0 Å². The lowest BCUT2D eigenvalue weighted by atomic mass is 9.98. The van der Waals surface area contributed by atoms with Crippen LogP contribution in [0.5, 0.6) is 5.75 Å². The average Bonchev–Trinajstić information content (AvgIpc) is 2.29. The summed E-state index contributed by atoms with van der Waals surface area (Å²) in [5.41, 5.74) is 2.40.